The van der Waals surface area contributed by atoms with E-state index in [1.165, 1.54) is 25.3 Å². The molecule has 0 amide bonds. The highest BCUT2D eigenvalue weighted by Gasteiger charge is 2.34. The maximum atomic E-state index is 12.9. The van der Waals surface area contributed by atoms with Gasteiger partial charge in [-0.3, -0.25) is 4.72 Å². The monoisotopic (exact) mass is 446 g/mol. The number of anilines is 1. The molecule has 2 aromatic rings. The lowest BCUT2D eigenvalue weighted by molar-refractivity contribution is -0.275. The van der Waals surface area contributed by atoms with Gasteiger partial charge in [0.25, 0.3) is 10.0 Å². The highest BCUT2D eigenvalue weighted by atomic mass is 32.2. The Morgan fingerprint density at radius 2 is 1.83 bits per heavy atom. The van der Waals surface area contributed by atoms with E-state index in [2.05, 4.69) is 9.46 Å². The minimum atomic E-state index is -5.03. The molecule has 0 aromatic heterocycles. The molecule has 164 valence electrons. The standard InChI is InChI=1S/C19H21F3N2O5S/c1-24(2)12-10-13-15(27-3)9-8-14(18(13)28-11-12)23-30(25,26)17-7-5-4-6-16(17)29-19(20,21)22/h4-9,12,23H,10-11H2,1-3H3/t12-/m1/s1. The van der Waals surface area contributed by atoms with E-state index >= 15 is 0 Å². The molecule has 1 aliphatic rings. The number of methoxy groups -OCH3 is 1. The summed E-state index contributed by atoms with van der Waals surface area (Å²) in [6, 6.07) is 7.60. The van der Waals surface area contributed by atoms with Crippen LogP contribution in [0.15, 0.2) is 41.3 Å². The Balaban J connectivity index is 1.99. The van der Waals surface area contributed by atoms with Crippen molar-refractivity contribution in [2.24, 2.45) is 0 Å². The molecular weight excluding hydrogens is 425 g/mol. The predicted molar refractivity (Wildman–Crippen MR) is 104 cm³/mol. The molecule has 11 heteroatoms. The maximum absolute atomic E-state index is 12.9. The molecule has 0 fully saturated rings. The summed E-state index contributed by atoms with van der Waals surface area (Å²) in [6.07, 6.45) is -4.48. The molecule has 0 aliphatic carbocycles. The van der Waals surface area contributed by atoms with Crippen molar-refractivity contribution in [2.45, 2.75) is 23.7 Å². The van der Waals surface area contributed by atoms with Crippen LogP contribution >= 0.6 is 0 Å². The number of fused-ring (bicyclic) bond motifs is 1. The molecule has 0 radical (unpaired) electrons. The second-order valence-corrected chi connectivity index (χ2v) is 8.51. The molecule has 0 unspecified atom stereocenters. The van der Waals surface area contributed by atoms with Crippen molar-refractivity contribution in [3.8, 4) is 17.2 Å². The van der Waals surface area contributed by atoms with Gasteiger partial charge in [0.05, 0.1) is 12.8 Å². The lowest BCUT2D eigenvalue weighted by Crippen LogP contribution is -2.38. The van der Waals surface area contributed by atoms with Gasteiger partial charge in [-0.15, -0.1) is 13.2 Å². The third-order valence-electron chi connectivity index (χ3n) is 4.64. The van der Waals surface area contributed by atoms with Crippen molar-refractivity contribution in [1.29, 1.82) is 0 Å². The number of hydrogen-bond donors (Lipinski definition) is 1. The SMILES string of the molecule is COc1ccc(NS(=O)(=O)c2ccccc2OC(F)(F)F)c2c1C[C@@H](N(C)C)CO2. The number of hydrogen-bond acceptors (Lipinski definition) is 6. The molecule has 1 aliphatic heterocycles. The van der Waals surface area contributed by atoms with E-state index in [1.54, 1.807) is 6.07 Å². The second-order valence-electron chi connectivity index (χ2n) is 6.86. The quantitative estimate of drug-likeness (QED) is 0.734. The molecule has 2 aromatic carbocycles. The Kier molecular flexibility index (Phi) is 6.04. The Labute approximate surface area is 172 Å². The predicted octanol–water partition coefficient (Wildman–Crippen LogP) is 3.26. The summed E-state index contributed by atoms with van der Waals surface area (Å²) in [6.45, 7) is 0.315. The molecule has 0 saturated heterocycles. The fourth-order valence-electron chi connectivity index (χ4n) is 3.13. The molecule has 7 nitrogen and oxygen atoms in total. The van der Waals surface area contributed by atoms with Crippen molar-refractivity contribution in [3.05, 3.63) is 42.0 Å². The van der Waals surface area contributed by atoms with E-state index in [0.29, 0.717) is 24.3 Å². The van der Waals surface area contributed by atoms with Gasteiger partial charge in [-0.25, -0.2) is 8.42 Å². The minimum Gasteiger partial charge on any atom is -0.496 e. The molecular formula is C19H21F3N2O5S. The number of likely N-dealkylation sites (N-methyl/N-ethyl adjacent to an activating group) is 1. The zero-order chi connectivity index (χ0) is 22.1. The number of rotatable bonds is 6. The number of para-hydroxylation sites is 1. The lowest BCUT2D eigenvalue weighted by atomic mass is 10.00. The number of benzene rings is 2. The van der Waals surface area contributed by atoms with Crippen LogP contribution in [0.3, 0.4) is 0 Å². The summed E-state index contributed by atoms with van der Waals surface area (Å²) in [5, 5.41) is 0. The van der Waals surface area contributed by atoms with Crippen LogP contribution in [0.5, 0.6) is 17.2 Å². The minimum absolute atomic E-state index is 0.0548. The Hall–Kier alpha value is -2.66. The molecule has 1 heterocycles. The normalized spacial score (nSPS) is 16.6. The van der Waals surface area contributed by atoms with Crippen molar-refractivity contribution in [1.82, 2.24) is 4.90 Å². The van der Waals surface area contributed by atoms with E-state index in [9.17, 15) is 21.6 Å². The highest BCUT2D eigenvalue weighted by Crippen LogP contribution is 2.41. The average molecular weight is 446 g/mol. The van der Waals surface area contributed by atoms with Crippen LogP contribution in [-0.4, -0.2) is 53.5 Å². The van der Waals surface area contributed by atoms with E-state index in [0.717, 1.165) is 12.1 Å². The average Bonchev–Trinajstić information content (AvgIpc) is 2.66. The third kappa shape index (κ3) is 4.73. The summed E-state index contributed by atoms with van der Waals surface area (Å²) in [4.78, 5) is 1.33. The number of halogens is 3. The van der Waals surface area contributed by atoms with E-state index in [-0.39, 0.29) is 17.5 Å². The van der Waals surface area contributed by atoms with E-state index < -0.39 is 27.0 Å². The number of alkyl halides is 3. The second kappa shape index (κ2) is 8.23. The van der Waals surface area contributed by atoms with Crippen molar-refractivity contribution < 1.29 is 35.8 Å². The smallest absolute Gasteiger partial charge is 0.496 e. The molecule has 1 N–H and O–H groups in total. The van der Waals surface area contributed by atoms with Gasteiger partial charge in [0.2, 0.25) is 0 Å². The molecule has 1 atom stereocenters. The number of nitrogens with zero attached hydrogens (tertiary/aromatic N) is 1. The number of nitrogens with one attached hydrogen (secondary N) is 1. The molecule has 30 heavy (non-hydrogen) atoms. The van der Waals surface area contributed by atoms with Gasteiger partial charge in [-0.1, -0.05) is 12.1 Å². The van der Waals surface area contributed by atoms with E-state index in [1.807, 2.05) is 19.0 Å². The van der Waals surface area contributed by atoms with Gasteiger partial charge < -0.3 is 19.1 Å². The number of sulfonamides is 1. The first-order valence-corrected chi connectivity index (χ1v) is 10.4. The highest BCUT2D eigenvalue weighted by molar-refractivity contribution is 7.92. The maximum Gasteiger partial charge on any atom is 0.573 e. The van der Waals surface area contributed by atoms with Gasteiger partial charge in [-0.05, 0) is 44.8 Å². The largest absolute Gasteiger partial charge is 0.573 e. The van der Waals surface area contributed by atoms with Crippen molar-refractivity contribution in [3.63, 3.8) is 0 Å². The molecule has 0 bridgehead atoms. The Morgan fingerprint density at radius 3 is 2.47 bits per heavy atom. The van der Waals surface area contributed by atoms with Crippen LogP contribution in [0.1, 0.15) is 5.56 Å². The van der Waals surface area contributed by atoms with Crippen molar-refractivity contribution >= 4 is 15.7 Å². The van der Waals surface area contributed by atoms with Gasteiger partial charge in [-0.2, -0.15) is 0 Å². The zero-order valence-corrected chi connectivity index (χ0v) is 17.3. The molecule has 0 saturated carbocycles. The van der Waals surface area contributed by atoms with Crippen LogP contribution in [0.2, 0.25) is 0 Å². The number of ether oxygens (including phenoxy) is 3. The summed E-state index contributed by atoms with van der Waals surface area (Å²) in [7, 11) is 0.881. The van der Waals surface area contributed by atoms with Crippen LogP contribution in [0, 0.1) is 0 Å². The Bertz CT molecular complexity index is 1030. The fraction of sp³-hybridized carbons (Fsp3) is 0.368. The topological polar surface area (TPSA) is 77.1 Å². The van der Waals surface area contributed by atoms with Gasteiger partial charge in [0, 0.05) is 11.6 Å². The van der Waals surface area contributed by atoms with Gasteiger partial charge in [0.15, 0.2) is 0 Å². The first-order chi connectivity index (χ1) is 14.0. The summed E-state index contributed by atoms with van der Waals surface area (Å²) in [5.41, 5.74) is 0.771. The van der Waals surface area contributed by atoms with Crippen LogP contribution in [-0.2, 0) is 16.4 Å². The van der Waals surface area contributed by atoms with Gasteiger partial charge in [0.1, 0.15) is 28.8 Å². The Morgan fingerprint density at radius 1 is 1.13 bits per heavy atom. The lowest BCUT2D eigenvalue weighted by Gasteiger charge is -2.32. The fourth-order valence-corrected chi connectivity index (χ4v) is 4.32. The summed E-state index contributed by atoms with van der Waals surface area (Å²) < 4.78 is 81.1. The summed E-state index contributed by atoms with van der Waals surface area (Å²) in [5.74, 6) is -0.0148. The first kappa shape index (κ1) is 22.0. The third-order valence-corrected chi connectivity index (χ3v) is 6.04. The van der Waals surface area contributed by atoms with Crippen LogP contribution in [0.4, 0.5) is 18.9 Å². The van der Waals surface area contributed by atoms with Crippen LogP contribution in [0.25, 0.3) is 0 Å². The van der Waals surface area contributed by atoms with E-state index in [4.69, 9.17) is 9.47 Å². The van der Waals surface area contributed by atoms with Crippen molar-refractivity contribution in [2.75, 3.05) is 32.5 Å². The zero-order valence-electron chi connectivity index (χ0n) is 16.5. The molecule has 0 spiro atoms. The summed E-state index contributed by atoms with van der Waals surface area (Å²) >= 11 is 0. The first-order valence-electron chi connectivity index (χ1n) is 8.88. The van der Waals surface area contributed by atoms with Crippen LogP contribution < -0.4 is 18.9 Å². The van der Waals surface area contributed by atoms with Gasteiger partial charge >= 0.3 is 6.36 Å². The molecule has 3 rings (SSSR count).